The van der Waals surface area contributed by atoms with Crippen molar-refractivity contribution < 1.29 is 18.6 Å². The van der Waals surface area contributed by atoms with Gasteiger partial charge in [-0.25, -0.2) is 13.8 Å². The highest BCUT2D eigenvalue weighted by Crippen LogP contribution is 2.31. The maximum Gasteiger partial charge on any atom is 0.340 e. The third-order valence-corrected chi connectivity index (χ3v) is 3.30. The summed E-state index contributed by atoms with van der Waals surface area (Å²) in [6.07, 6.45) is 0. The van der Waals surface area contributed by atoms with E-state index >= 15 is 0 Å². The first-order valence-corrected chi connectivity index (χ1v) is 6.47. The third kappa shape index (κ3) is 2.26. The van der Waals surface area contributed by atoms with Crippen molar-refractivity contribution >= 4 is 28.4 Å². The maximum absolute atomic E-state index is 14.6. The zero-order valence-corrected chi connectivity index (χ0v) is 11.9. The van der Waals surface area contributed by atoms with Gasteiger partial charge in [0.2, 0.25) is 0 Å². The number of nitrogens with one attached hydrogen (secondary N) is 1. The molecule has 1 heterocycles. The van der Waals surface area contributed by atoms with Crippen LogP contribution in [0.4, 0.5) is 15.8 Å². The van der Waals surface area contributed by atoms with Crippen LogP contribution in [0, 0.1) is 12.7 Å². The van der Waals surface area contributed by atoms with Crippen molar-refractivity contribution in [3.05, 3.63) is 47.3 Å². The summed E-state index contributed by atoms with van der Waals surface area (Å²) in [5.74, 6) is -1.40. The summed E-state index contributed by atoms with van der Waals surface area (Å²) in [5.41, 5.74) is 1.66. The number of para-hydroxylation sites is 1. The van der Waals surface area contributed by atoms with Crippen molar-refractivity contribution in [3.8, 4) is 0 Å². The van der Waals surface area contributed by atoms with Gasteiger partial charge in [0.05, 0.1) is 18.4 Å². The van der Waals surface area contributed by atoms with Gasteiger partial charge in [-0.3, -0.25) is 0 Å². The van der Waals surface area contributed by atoms with Crippen molar-refractivity contribution in [2.24, 2.45) is 0 Å². The summed E-state index contributed by atoms with van der Waals surface area (Å²) >= 11 is 0. The van der Waals surface area contributed by atoms with E-state index in [-0.39, 0.29) is 22.3 Å². The first kappa shape index (κ1) is 14.0. The average Bonchev–Trinajstić information content (AvgIpc) is 2.99. The van der Waals surface area contributed by atoms with Crippen LogP contribution in [0.3, 0.4) is 0 Å². The molecule has 3 rings (SSSR count). The van der Waals surface area contributed by atoms with E-state index in [4.69, 9.17) is 4.74 Å². The Labute approximate surface area is 124 Å². The first-order chi connectivity index (χ1) is 10.6. The largest absolute Gasteiger partial charge is 0.465 e. The van der Waals surface area contributed by atoms with Crippen molar-refractivity contribution in [3.63, 3.8) is 0 Å². The Morgan fingerprint density at radius 1 is 1.32 bits per heavy atom. The molecule has 1 N–H and O–H groups in total. The Hall–Kier alpha value is -2.96. The number of benzene rings is 2. The molecule has 0 bridgehead atoms. The Morgan fingerprint density at radius 2 is 2.09 bits per heavy atom. The van der Waals surface area contributed by atoms with Gasteiger partial charge in [-0.05, 0) is 34.9 Å². The van der Waals surface area contributed by atoms with E-state index < -0.39 is 11.8 Å². The number of anilines is 2. The molecule has 0 amide bonds. The van der Waals surface area contributed by atoms with Crippen LogP contribution in [0.2, 0.25) is 0 Å². The average molecular weight is 301 g/mol. The molecule has 0 spiro atoms. The van der Waals surface area contributed by atoms with Gasteiger partial charge in [-0.2, -0.15) is 0 Å². The Bertz CT molecular complexity index is 860. The zero-order chi connectivity index (χ0) is 15.7. The number of ether oxygens (including phenoxy) is 1. The summed E-state index contributed by atoms with van der Waals surface area (Å²) < 4.78 is 23.9. The standard InChI is InChI=1S/C15H12FN3O3/c1-8-5-3-4-6-10(8)17-13-9(15(20)21-2)7-11-14(12(13)16)19-22-18-11/h3-7,17H,1-2H3. The van der Waals surface area contributed by atoms with E-state index in [9.17, 15) is 9.18 Å². The zero-order valence-electron chi connectivity index (χ0n) is 11.9. The molecule has 0 aliphatic heterocycles. The van der Waals surface area contributed by atoms with E-state index in [0.29, 0.717) is 5.69 Å². The first-order valence-electron chi connectivity index (χ1n) is 6.47. The minimum absolute atomic E-state index is 0.0199. The Balaban J connectivity index is 2.19. The molecule has 6 nitrogen and oxygen atoms in total. The van der Waals surface area contributed by atoms with Gasteiger partial charge in [0.25, 0.3) is 0 Å². The van der Waals surface area contributed by atoms with Crippen LogP contribution in [0.5, 0.6) is 0 Å². The summed E-state index contributed by atoms with van der Waals surface area (Å²) in [6.45, 7) is 1.87. The van der Waals surface area contributed by atoms with Gasteiger partial charge in [-0.1, -0.05) is 18.2 Å². The van der Waals surface area contributed by atoms with Crippen LogP contribution in [0.15, 0.2) is 35.0 Å². The molecule has 0 unspecified atom stereocenters. The Kier molecular flexibility index (Phi) is 3.46. The predicted octanol–water partition coefficient (Wildman–Crippen LogP) is 3.20. The number of carbonyl (C=O) groups is 1. The maximum atomic E-state index is 14.6. The lowest BCUT2D eigenvalue weighted by Crippen LogP contribution is -2.08. The quantitative estimate of drug-likeness (QED) is 0.749. The SMILES string of the molecule is COC(=O)c1cc2nonc2c(F)c1Nc1ccccc1C. The molecule has 0 aliphatic rings. The topological polar surface area (TPSA) is 77.2 Å². The fourth-order valence-corrected chi connectivity index (χ4v) is 2.13. The molecule has 0 atom stereocenters. The summed E-state index contributed by atoms with van der Waals surface area (Å²) in [4.78, 5) is 11.9. The highest BCUT2D eigenvalue weighted by molar-refractivity contribution is 6.01. The number of rotatable bonds is 3. The lowest BCUT2D eigenvalue weighted by molar-refractivity contribution is 0.0601. The molecule has 7 heteroatoms. The highest BCUT2D eigenvalue weighted by atomic mass is 19.1. The van der Waals surface area contributed by atoms with E-state index in [1.54, 1.807) is 12.1 Å². The second-order valence-electron chi connectivity index (χ2n) is 4.68. The van der Waals surface area contributed by atoms with E-state index in [0.717, 1.165) is 5.56 Å². The summed E-state index contributed by atoms with van der Waals surface area (Å²) in [7, 11) is 1.23. The summed E-state index contributed by atoms with van der Waals surface area (Å²) in [5, 5.41) is 10.00. The second kappa shape index (κ2) is 5.44. The highest BCUT2D eigenvalue weighted by Gasteiger charge is 2.22. The number of halogens is 1. The molecular weight excluding hydrogens is 289 g/mol. The molecule has 22 heavy (non-hydrogen) atoms. The fourth-order valence-electron chi connectivity index (χ4n) is 2.13. The lowest BCUT2D eigenvalue weighted by Gasteiger charge is -2.13. The number of aryl methyl sites for hydroxylation is 1. The molecule has 0 saturated heterocycles. The second-order valence-corrected chi connectivity index (χ2v) is 4.68. The van der Waals surface area contributed by atoms with Gasteiger partial charge in [0.1, 0.15) is 5.52 Å². The van der Waals surface area contributed by atoms with Crippen LogP contribution in [-0.4, -0.2) is 23.4 Å². The van der Waals surface area contributed by atoms with Gasteiger partial charge in [0.15, 0.2) is 11.3 Å². The molecule has 2 aromatic carbocycles. The van der Waals surface area contributed by atoms with Gasteiger partial charge >= 0.3 is 5.97 Å². The number of carbonyl (C=O) groups excluding carboxylic acids is 1. The summed E-state index contributed by atoms with van der Waals surface area (Å²) in [6, 6.07) is 8.70. The molecule has 0 saturated carbocycles. The van der Waals surface area contributed by atoms with E-state index in [1.807, 2.05) is 19.1 Å². The molecular formula is C15H12FN3O3. The predicted molar refractivity (Wildman–Crippen MR) is 77.6 cm³/mol. The van der Waals surface area contributed by atoms with Crippen molar-refractivity contribution in [1.82, 2.24) is 10.3 Å². The van der Waals surface area contributed by atoms with Crippen molar-refractivity contribution in [2.45, 2.75) is 6.92 Å². The molecule has 112 valence electrons. The number of hydrogen-bond donors (Lipinski definition) is 1. The van der Waals surface area contributed by atoms with Crippen LogP contribution in [0.25, 0.3) is 11.0 Å². The van der Waals surface area contributed by atoms with E-state index in [1.165, 1.54) is 13.2 Å². The van der Waals surface area contributed by atoms with E-state index in [2.05, 4.69) is 20.3 Å². The van der Waals surface area contributed by atoms with Crippen molar-refractivity contribution in [1.29, 1.82) is 0 Å². The van der Waals surface area contributed by atoms with Crippen LogP contribution < -0.4 is 5.32 Å². The number of aromatic nitrogens is 2. The molecule has 0 aliphatic carbocycles. The fraction of sp³-hybridized carbons (Fsp3) is 0.133. The van der Waals surface area contributed by atoms with Gasteiger partial charge in [0, 0.05) is 5.69 Å². The number of methoxy groups -OCH3 is 1. The number of fused-ring (bicyclic) bond motifs is 1. The van der Waals surface area contributed by atoms with Gasteiger partial charge in [-0.15, -0.1) is 0 Å². The minimum Gasteiger partial charge on any atom is -0.465 e. The minimum atomic E-state index is -0.720. The van der Waals surface area contributed by atoms with Crippen LogP contribution >= 0.6 is 0 Å². The van der Waals surface area contributed by atoms with Crippen molar-refractivity contribution in [2.75, 3.05) is 12.4 Å². The lowest BCUT2D eigenvalue weighted by atomic mass is 10.1. The van der Waals surface area contributed by atoms with Crippen LogP contribution in [0.1, 0.15) is 15.9 Å². The Morgan fingerprint density at radius 3 is 2.82 bits per heavy atom. The normalized spacial score (nSPS) is 10.7. The monoisotopic (exact) mass is 301 g/mol. The smallest absolute Gasteiger partial charge is 0.340 e. The molecule has 0 radical (unpaired) electrons. The number of hydrogen-bond acceptors (Lipinski definition) is 6. The molecule has 3 aromatic rings. The molecule has 1 aromatic heterocycles. The molecule has 0 fully saturated rings. The number of nitrogens with zero attached hydrogens (tertiary/aromatic N) is 2. The van der Waals surface area contributed by atoms with Gasteiger partial charge < -0.3 is 10.1 Å². The van der Waals surface area contributed by atoms with Crippen LogP contribution in [-0.2, 0) is 4.74 Å². The number of esters is 1. The third-order valence-electron chi connectivity index (χ3n) is 3.30.